The Morgan fingerprint density at radius 3 is 2.62 bits per heavy atom. The summed E-state index contributed by atoms with van der Waals surface area (Å²) in [6, 6.07) is 3.51. The number of hydrogen-bond acceptors (Lipinski definition) is 6. The summed E-state index contributed by atoms with van der Waals surface area (Å²) in [6.07, 6.45) is 1.66. The lowest BCUT2D eigenvalue weighted by Gasteiger charge is -2.08. The molecule has 24 heavy (non-hydrogen) atoms. The minimum Gasteiger partial charge on any atom is -0.452 e. The molecule has 0 aliphatic rings. The normalized spacial score (nSPS) is 9.92. The number of hydrogen-bond donors (Lipinski definition) is 2. The standard InChI is InChI=1S/C15H19N3O6/c1-3-4-8-16-15(21)17-12(19)9-24-14(20)11-7-5-6-10(2)13(11)18(22)23/h5-7H,3-4,8-9H2,1-2H3,(H2,16,17,19,21). The predicted molar refractivity (Wildman–Crippen MR) is 84.6 cm³/mol. The van der Waals surface area contributed by atoms with Crippen molar-refractivity contribution in [2.45, 2.75) is 26.7 Å². The number of aryl methyl sites for hydroxylation is 1. The summed E-state index contributed by atoms with van der Waals surface area (Å²) in [5.74, 6) is -1.83. The van der Waals surface area contributed by atoms with Crippen LogP contribution in [0.25, 0.3) is 0 Å². The Kier molecular flexibility index (Phi) is 7.34. The molecule has 1 aromatic rings. The van der Waals surface area contributed by atoms with Gasteiger partial charge >= 0.3 is 12.0 Å². The third-order valence-electron chi connectivity index (χ3n) is 3.04. The van der Waals surface area contributed by atoms with E-state index in [4.69, 9.17) is 4.74 Å². The largest absolute Gasteiger partial charge is 0.452 e. The van der Waals surface area contributed by atoms with Gasteiger partial charge in [0.15, 0.2) is 6.61 Å². The van der Waals surface area contributed by atoms with E-state index in [1.807, 2.05) is 12.2 Å². The molecule has 0 aliphatic carbocycles. The number of carbonyl (C=O) groups is 3. The lowest BCUT2D eigenvalue weighted by Crippen LogP contribution is -2.41. The van der Waals surface area contributed by atoms with E-state index in [-0.39, 0.29) is 11.3 Å². The van der Waals surface area contributed by atoms with E-state index in [1.54, 1.807) is 0 Å². The number of unbranched alkanes of at least 4 members (excludes halogenated alkanes) is 1. The second kappa shape index (κ2) is 9.23. The molecular formula is C15H19N3O6. The Morgan fingerprint density at radius 2 is 2.00 bits per heavy atom. The average Bonchev–Trinajstić information content (AvgIpc) is 2.52. The number of nitro groups is 1. The number of amides is 3. The van der Waals surface area contributed by atoms with Crippen LogP contribution < -0.4 is 10.6 Å². The van der Waals surface area contributed by atoms with Crippen molar-refractivity contribution >= 4 is 23.6 Å². The fourth-order valence-electron chi connectivity index (χ4n) is 1.86. The van der Waals surface area contributed by atoms with Crippen LogP contribution in [0.15, 0.2) is 18.2 Å². The van der Waals surface area contributed by atoms with Gasteiger partial charge in [0.25, 0.3) is 11.6 Å². The number of urea groups is 1. The number of nitro benzene ring substituents is 1. The molecule has 0 saturated carbocycles. The molecule has 0 unspecified atom stereocenters. The number of esters is 1. The highest BCUT2D eigenvalue weighted by Crippen LogP contribution is 2.23. The molecule has 0 fully saturated rings. The predicted octanol–water partition coefficient (Wildman–Crippen LogP) is 1.69. The fraction of sp³-hybridized carbons (Fsp3) is 0.400. The van der Waals surface area contributed by atoms with Crippen molar-refractivity contribution in [2.24, 2.45) is 0 Å². The smallest absolute Gasteiger partial charge is 0.345 e. The lowest BCUT2D eigenvalue weighted by molar-refractivity contribution is -0.385. The van der Waals surface area contributed by atoms with Gasteiger partial charge < -0.3 is 10.1 Å². The number of nitrogens with zero attached hydrogens (tertiary/aromatic N) is 1. The van der Waals surface area contributed by atoms with E-state index < -0.39 is 29.4 Å². The molecule has 0 heterocycles. The molecule has 9 nitrogen and oxygen atoms in total. The van der Waals surface area contributed by atoms with Crippen molar-refractivity contribution in [2.75, 3.05) is 13.2 Å². The van der Waals surface area contributed by atoms with Gasteiger partial charge in [-0.25, -0.2) is 9.59 Å². The summed E-state index contributed by atoms with van der Waals surface area (Å²) in [4.78, 5) is 45.1. The van der Waals surface area contributed by atoms with Gasteiger partial charge in [0.05, 0.1) is 4.92 Å². The molecule has 2 N–H and O–H groups in total. The fourth-order valence-corrected chi connectivity index (χ4v) is 1.86. The number of benzene rings is 1. The van der Waals surface area contributed by atoms with Gasteiger partial charge in [0.2, 0.25) is 0 Å². The molecule has 0 aromatic heterocycles. The van der Waals surface area contributed by atoms with Crippen molar-refractivity contribution in [1.29, 1.82) is 0 Å². The zero-order chi connectivity index (χ0) is 18.1. The molecule has 3 amide bonds. The van der Waals surface area contributed by atoms with E-state index in [2.05, 4.69) is 5.32 Å². The Balaban J connectivity index is 2.58. The summed E-state index contributed by atoms with van der Waals surface area (Å²) in [5, 5.41) is 15.5. The highest BCUT2D eigenvalue weighted by atomic mass is 16.6. The first-order valence-electron chi connectivity index (χ1n) is 7.35. The SMILES string of the molecule is CCCCNC(=O)NC(=O)COC(=O)c1cccc(C)c1[N+](=O)[O-]. The van der Waals surface area contributed by atoms with Crippen LogP contribution in [-0.4, -0.2) is 36.0 Å². The van der Waals surface area contributed by atoms with Crippen LogP contribution in [0.2, 0.25) is 0 Å². The Labute approximate surface area is 138 Å². The third-order valence-corrected chi connectivity index (χ3v) is 3.04. The molecular weight excluding hydrogens is 318 g/mol. The summed E-state index contributed by atoms with van der Waals surface area (Å²) in [7, 11) is 0. The summed E-state index contributed by atoms with van der Waals surface area (Å²) < 4.78 is 4.73. The zero-order valence-corrected chi connectivity index (χ0v) is 13.5. The Bertz CT molecular complexity index is 644. The highest BCUT2D eigenvalue weighted by molar-refractivity contribution is 5.98. The van der Waals surface area contributed by atoms with Crippen molar-refractivity contribution in [3.05, 3.63) is 39.4 Å². The first-order valence-corrected chi connectivity index (χ1v) is 7.35. The van der Waals surface area contributed by atoms with Crippen LogP contribution in [-0.2, 0) is 9.53 Å². The summed E-state index contributed by atoms with van der Waals surface area (Å²) >= 11 is 0. The molecule has 0 bridgehead atoms. The maximum atomic E-state index is 11.9. The second-order valence-corrected chi connectivity index (χ2v) is 4.96. The monoisotopic (exact) mass is 337 g/mol. The molecule has 9 heteroatoms. The van der Waals surface area contributed by atoms with E-state index in [9.17, 15) is 24.5 Å². The van der Waals surface area contributed by atoms with Gasteiger partial charge in [-0.15, -0.1) is 0 Å². The van der Waals surface area contributed by atoms with Crippen LogP contribution >= 0.6 is 0 Å². The maximum Gasteiger partial charge on any atom is 0.345 e. The van der Waals surface area contributed by atoms with Crippen molar-refractivity contribution in [1.82, 2.24) is 10.6 Å². The summed E-state index contributed by atoms with van der Waals surface area (Å²) in [5.41, 5.74) is -0.324. The number of para-hydroxylation sites is 1. The zero-order valence-electron chi connectivity index (χ0n) is 13.5. The highest BCUT2D eigenvalue weighted by Gasteiger charge is 2.24. The van der Waals surface area contributed by atoms with E-state index >= 15 is 0 Å². The van der Waals surface area contributed by atoms with Crippen molar-refractivity contribution in [3.63, 3.8) is 0 Å². The van der Waals surface area contributed by atoms with E-state index in [0.29, 0.717) is 12.1 Å². The van der Waals surface area contributed by atoms with Crippen LogP contribution in [0, 0.1) is 17.0 Å². The van der Waals surface area contributed by atoms with Gasteiger partial charge in [0.1, 0.15) is 5.56 Å². The molecule has 1 aromatic carbocycles. The Morgan fingerprint density at radius 1 is 1.29 bits per heavy atom. The maximum absolute atomic E-state index is 11.9. The van der Waals surface area contributed by atoms with E-state index in [1.165, 1.54) is 25.1 Å². The lowest BCUT2D eigenvalue weighted by atomic mass is 10.1. The first-order chi connectivity index (χ1) is 11.4. The van der Waals surface area contributed by atoms with Gasteiger partial charge in [-0.3, -0.25) is 20.2 Å². The number of ether oxygens (including phenoxy) is 1. The number of rotatable bonds is 7. The minimum absolute atomic E-state index is 0.250. The van der Waals surface area contributed by atoms with Crippen LogP contribution in [0.3, 0.4) is 0 Å². The topological polar surface area (TPSA) is 128 Å². The molecule has 0 aliphatic heterocycles. The van der Waals surface area contributed by atoms with Gasteiger partial charge in [-0.2, -0.15) is 0 Å². The second-order valence-electron chi connectivity index (χ2n) is 4.96. The van der Waals surface area contributed by atoms with Gasteiger partial charge in [-0.05, 0) is 19.4 Å². The molecule has 0 spiro atoms. The molecule has 0 radical (unpaired) electrons. The molecule has 1 rings (SSSR count). The van der Waals surface area contributed by atoms with Crippen LogP contribution in [0.5, 0.6) is 0 Å². The van der Waals surface area contributed by atoms with E-state index in [0.717, 1.165) is 12.8 Å². The van der Waals surface area contributed by atoms with Crippen molar-refractivity contribution in [3.8, 4) is 0 Å². The Hall–Kier alpha value is -2.97. The molecule has 130 valence electrons. The van der Waals surface area contributed by atoms with Crippen LogP contribution in [0.4, 0.5) is 10.5 Å². The van der Waals surface area contributed by atoms with Crippen molar-refractivity contribution < 1.29 is 24.0 Å². The quantitative estimate of drug-likeness (QED) is 0.337. The average molecular weight is 337 g/mol. The summed E-state index contributed by atoms with van der Waals surface area (Å²) in [6.45, 7) is 3.15. The van der Waals surface area contributed by atoms with Crippen LogP contribution in [0.1, 0.15) is 35.7 Å². The minimum atomic E-state index is -1.01. The first kappa shape index (κ1) is 19.1. The molecule has 0 atom stereocenters. The van der Waals surface area contributed by atoms with Gasteiger partial charge in [0, 0.05) is 12.1 Å². The number of nitrogens with one attached hydrogen (secondary N) is 2. The third kappa shape index (κ3) is 5.67. The number of imide groups is 1. The molecule has 0 saturated heterocycles. The van der Waals surface area contributed by atoms with Gasteiger partial charge in [-0.1, -0.05) is 25.5 Å². The number of carbonyl (C=O) groups excluding carboxylic acids is 3.